The third-order valence-corrected chi connectivity index (χ3v) is 6.06. The van der Waals surface area contributed by atoms with Crippen molar-refractivity contribution >= 4 is 15.9 Å². The Labute approximate surface area is 181 Å². The van der Waals surface area contributed by atoms with Gasteiger partial charge in [0.25, 0.3) is 0 Å². The van der Waals surface area contributed by atoms with E-state index in [0.717, 1.165) is 25.2 Å². The average Bonchev–Trinajstić information content (AvgIpc) is 2.72. The summed E-state index contributed by atoms with van der Waals surface area (Å²) in [7, 11) is -3.49. The summed E-state index contributed by atoms with van der Waals surface area (Å²) in [5, 5.41) is 0. The van der Waals surface area contributed by atoms with Crippen LogP contribution < -0.4 is 4.74 Å². The summed E-state index contributed by atoms with van der Waals surface area (Å²) in [6, 6.07) is 3.68. The molecular weight excluding hydrogens is 425 g/mol. The maximum atomic E-state index is 14.3. The van der Waals surface area contributed by atoms with Crippen molar-refractivity contribution in [2.75, 3.05) is 26.0 Å². The van der Waals surface area contributed by atoms with Crippen LogP contribution in [0.1, 0.15) is 26.7 Å². The molecule has 10 heteroatoms. The molecular formula is C21H26FN3O5S. The normalized spacial score (nSPS) is 15.2. The Morgan fingerprint density at radius 1 is 1.23 bits per heavy atom. The summed E-state index contributed by atoms with van der Waals surface area (Å²) in [6.07, 6.45) is 5.00. The van der Waals surface area contributed by atoms with Gasteiger partial charge in [-0.15, -0.1) is 0 Å². The first-order valence-corrected chi connectivity index (χ1v) is 11.9. The number of benzene rings is 1. The second-order valence-corrected chi connectivity index (χ2v) is 9.84. The summed E-state index contributed by atoms with van der Waals surface area (Å²) in [5.41, 5.74) is 0.439. The molecule has 1 aliphatic heterocycles. The quantitative estimate of drug-likeness (QED) is 0.664. The molecule has 0 radical (unpaired) electrons. The van der Waals surface area contributed by atoms with Crippen molar-refractivity contribution in [1.82, 2.24) is 14.9 Å². The Morgan fingerprint density at radius 3 is 2.48 bits per heavy atom. The Hall–Kier alpha value is -2.75. The van der Waals surface area contributed by atoms with Crippen LogP contribution in [0, 0.1) is 11.7 Å². The summed E-state index contributed by atoms with van der Waals surface area (Å²) in [5.74, 6) is -0.0854. The van der Waals surface area contributed by atoms with Gasteiger partial charge in [-0.25, -0.2) is 27.6 Å². The van der Waals surface area contributed by atoms with Gasteiger partial charge in [0.1, 0.15) is 5.82 Å². The lowest BCUT2D eigenvalue weighted by atomic mass is 9.98. The predicted molar refractivity (Wildman–Crippen MR) is 112 cm³/mol. The number of ether oxygens (including phenoxy) is 2. The highest BCUT2D eigenvalue weighted by Gasteiger charge is 2.24. The van der Waals surface area contributed by atoms with Gasteiger partial charge in [0.05, 0.1) is 35.7 Å². The first-order chi connectivity index (χ1) is 14.6. The fourth-order valence-electron chi connectivity index (χ4n) is 3.23. The van der Waals surface area contributed by atoms with Crippen molar-refractivity contribution in [2.45, 2.75) is 37.7 Å². The van der Waals surface area contributed by atoms with E-state index in [9.17, 15) is 17.6 Å². The summed E-state index contributed by atoms with van der Waals surface area (Å²) in [6.45, 7) is 5.33. The topological polar surface area (TPSA) is 98.7 Å². The molecule has 31 heavy (non-hydrogen) atoms. The van der Waals surface area contributed by atoms with Crippen LogP contribution in [0.25, 0.3) is 11.3 Å². The van der Waals surface area contributed by atoms with E-state index in [1.54, 1.807) is 4.90 Å². The number of aromatic nitrogens is 2. The first kappa shape index (κ1) is 22.9. The zero-order valence-corrected chi connectivity index (χ0v) is 18.6. The summed E-state index contributed by atoms with van der Waals surface area (Å²) < 4.78 is 48.3. The maximum Gasteiger partial charge on any atom is 0.410 e. The Morgan fingerprint density at radius 2 is 1.94 bits per heavy atom. The smallest absolute Gasteiger partial charge is 0.410 e. The van der Waals surface area contributed by atoms with Crippen LogP contribution in [0.3, 0.4) is 0 Å². The van der Waals surface area contributed by atoms with Crippen LogP contribution in [0.4, 0.5) is 9.18 Å². The number of halogens is 1. The fourth-order valence-corrected chi connectivity index (χ4v) is 3.86. The Kier molecular flexibility index (Phi) is 7.09. The van der Waals surface area contributed by atoms with Crippen molar-refractivity contribution in [3.63, 3.8) is 0 Å². The summed E-state index contributed by atoms with van der Waals surface area (Å²) in [4.78, 5) is 21.9. The number of rotatable bonds is 6. The molecule has 0 saturated carbocycles. The highest BCUT2D eigenvalue weighted by atomic mass is 32.2. The van der Waals surface area contributed by atoms with Crippen molar-refractivity contribution in [2.24, 2.45) is 5.92 Å². The van der Waals surface area contributed by atoms with E-state index < -0.39 is 15.7 Å². The maximum absolute atomic E-state index is 14.3. The van der Waals surface area contributed by atoms with Gasteiger partial charge in [-0.05, 0) is 50.8 Å². The molecule has 0 spiro atoms. The lowest BCUT2D eigenvalue weighted by Crippen LogP contribution is -2.40. The highest BCUT2D eigenvalue weighted by Crippen LogP contribution is 2.24. The van der Waals surface area contributed by atoms with Crippen LogP contribution in [0.5, 0.6) is 5.88 Å². The van der Waals surface area contributed by atoms with Crippen LogP contribution in [-0.4, -0.2) is 61.4 Å². The third-order valence-electron chi connectivity index (χ3n) is 4.95. The predicted octanol–water partition coefficient (Wildman–Crippen LogP) is 3.32. The van der Waals surface area contributed by atoms with E-state index >= 15 is 0 Å². The Balaban J connectivity index is 1.53. The number of piperidine rings is 1. The number of hydrogen-bond donors (Lipinski definition) is 0. The third kappa shape index (κ3) is 6.13. The van der Waals surface area contributed by atoms with Crippen LogP contribution in [-0.2, 0) is 14.6 Å². The zero-order chi connectivity index (χ0) is 22.6. The average molecular weight is 452 g/mol. The zero-order valence-electron chi connectivity index (χ0n) is 17.7. The summed E-state index contributed by atoms with van der Waals surface area (Å²) >= 11 is 0. The van der Waals surface area contributed by atoms with Crippen LogP contribution in [0.15, 0.2) is 35.5 Å². The fraction of sp³-hybridized carbons (Fsp3) is 0.476. The number of carbonyl (C=O) groups excluding carboxylic acids is 1. The first-order valence-electron chi connectivity index (χ1n) is 10.0. The van der Waals surface area contributed by atoms with Gasteiger partial charge < -0.3 is 14.4 Å². The highest BCUT2D eigenvalue weighted by molar-refractivity contribution is 7.90. The molecule has 1 aliphatic rings. The van der Waals surface area contributed by atoms with E-state index in [1.165, 1.54) is 24.5 Å². The van der Waals surface area contributed by atoms with Gasteiger partial charge in [0.2, 0.25) is 5.88 Å². The molecule has 2 heterocycles. The van der Waals surface area contributed by atoms with Crippen LogP contribution in [0.2, 0.25) is 0 Å². The van der Waals surface area contributed by atoms with Gasteiger partial charge in [0, 0.05) is 24.9 Å². The molecule has 2 aromatic rings. The van der Waals surface area contributed by atoms with Gasteiger partial charge in [0.15, 0.2) is 9.84 Å². The molecule has 3 rings (SSSR count). The molecule has 168 valence electrons. The SMILES string of the molecule is CC(C)OC(=O)N1CCC(COc2cnc(-c3ccc(S(C)(=O)=O)cc3F)cn2)CC1. The molecule has 0 atom stereocenters. The van der Waals surface area contributed by atoms with Gasteiger partial charge in [-0.1, -0.05) is 0 Å². The van der Waals surface area contributed by atoms with Crippen LogP contribution >= 0.6 is 0 Å². The second kappa shape index (κ2) is 9.59. The van der Waals surface area contributed by atoms with Crippen molar-refractivity contribution in [3.8, 4) is 17.1 Å². The minimum Gasteiger partial charge on any atom is -0.476 e. The van der Waals surface area contributed by atoms with Gasteiger partial charge >= 0.3 is 6.09 Å². The van der Waals surface area contributed by atoms with Gasteiger partial charge in [-0.2, -0.15) is 0 Å². The van der Waals surface area contributed by atoms with Crippen molar-refractivity contribution in [3.05, 3.63) is 36.4 Å². The molecule has 8 nitrogen and oxygen atoms in total. The molecule has 1 amide bonds. The Bertz CT molecular complexity index is 1020. The second-order valence-electron chi connectivity index (χ2n) is 7.83. The molecule has 0 bridgehead atoms. The lowest BCUT2D eigenvalue weighted by molar-refractivity contribution is 0.0606. The standard InChI is InChI=1S/C21H26FN3O5S/c1-14(2)30-21(26)25-8-6-15(7-9-25)13-29-20-12-23-19(11-24-20)17-5-4-16(10-18(17)22)31(3,27)28/h4-5,10-12,14-15H,6-9,13H2,1-3H3. The number of hydrogen-bond acceptors (Lipinski definition) is 7. The monoisotopic (exact) mass is 451 g/mol. The largest absolute Gasteiger partial charge is 0.476 e. The molecule has 1 fully saturated rings. The van der Waals surface area contributed by atoms with E-state index in [2.05, 4.69) is 9.97 Å². The number of sulfone groups is 1. The van der Waals surface area contributed by atoms with Crippen molar-refractivity contribution in [1.29, 1.82) is 0 Å². The molecule has 0 aliphatic carbocycles. The molecule has 1 aromatic heterocycles. The number of carbonyl (C=O) groups is 1. The molecule has 1 saturated heterocycles. The van der Waals surface area contributed by atoms with E-state index in [0.29, 0.717) is 25.6 Å². The number of nitrogens with zero attached hydrogens (tertiary/aromatic N) is 3. The molecule has 1 aromatic carbocycles. The minimum atomic E-state index is -3.49. The van der Waals surface area contributed by atoms with E-state index in [4.69, 9.17) is 9.47 Å². The molecule has 0 unspecified atom stereocenters. The molecule has 0 N–H and O–H groups in total. The van der Waals surface area contributed by atoms with E-state index in [-0.39, 0.29) is 34.3 Å². The number of amides is 1. The van der Waals surface area contributed by atoms with E-state index in [1.807, 2.05) is 13.8 Å². The number of likely N-dealkylation sites (tertiary alicyclic amines) is 1. The minimum absolute atomic E-state index is 0.0924. The van der Waals surface area contributed by atoms with Gasteiger partial charge in [-0.3, -0.25) is 0 Å². The lowest BCUT2D eigenvalue weighted by Gasteiger charge is -2.31. The van der Waals surface area contributed by atoms with Crippen molar-refractivity contribution < 1.29 is 27.1 Å².